The van der Waals surface area contributed by atoms with Crippen molar-refractivity contribution in [3.63, 3.8) is 0 Å². The van der Waals surface area contributed by atoms with Gasteiger partial charge < -0.3 is 15.8 Å². The molecule has 1 saturated carbocycles. The Morgan fingerprint density at radius 2 is 2.36 bits per heavy atom. The smallest absolute Gasteiger partial charge is 0.0509 e. The van der Waals surface area contributed by atoms with E-state index in [4.69, 9.17) is 10.5 Å². The molecule has 2 unspecified atom stereocenters. The van der Waals surface area contributed by atoms with Gasteiger partial charge in [0.25, 0.3) is 0 Å². The van der Waals surface area contributed by atoms with Crippen molar-refractivity contribution in [2.75, 3.05) is 26.3 Å². The average Bonchev–Trinajstić information content (AvgIpc) is 2.78. The second-order valence-corrected chi connectivity index (χ2v) is 5.00. The zero-order chi connectivity index (χ0) is 10.0. The average molecular weight is 198 g/mol. The van der Waals surface area contributed by atoms with Crippen LogP contribution in [0.25, 0.3) is 0 Å². The summed E-state index contributed by atoms with van der Waals surface area (Å²) in [5, 5.41) is 3.62. The highest BCUT2D eigenvalue weighted by Crippen LogP contribution is 2.43. The van der Waals surface area contributed by atoms with Crippen molar-refractivity contribution < 1.29 is 4.74 Å². The Morgan fingerprint density at radius 1 is 1.57 bits per heavy atom. The van der Waals surface area contributed by atoms with Crippen LogP contribution in [0.1, 0.15) is 26.2 Å². The van der Waals surface area contributed by atoms with Crippen LogP contribution in [0.5, 0.6) is 0 Å². The lowest BCUT2D eigenvalue weighted by molar-refractivity contribution is 0.177. The highest BCUT2D eigenvalue weighted by molar-refractivity contribution is 4.96. The van der Waals surface area contributed by atoms with Gasteiger partial charge in [0.2, 0.25) is 0 Å². The van der Waals surface area contributed by atoms with Crippen LogP contribution in [-0.2, 0) is 4.74 Å². The van der Waals surface area contributed by atoms with Crippen molar-refractivity contribution in [2.24, 2.45) is 17.1 Å². The van der Waals surface area contributed by atoms with Gasteiger partial charge in [-0.25, -0.2) is 0 Å². The first kappa shape index (κ1) is 10.4. The van der Waals surface area contributed by atoms with E-state index in [1.165, 1.54) is 19.3 Å². The lowest BCUT2D eigenvalue weighted by atomic mass is 9.99. The van der Waals surface area contributed by atoms with Crippen molar-refractivity contribution in [3.05, 3.63) is 0 Å². The molecule has 3 N–H and O–H groups in total. The molecule has 1 aliphatic carbocycles. The maximum atomic E-state index is 5.74. The van der Waals surface area contributed by atoms with Gasteiger partial charge in [0, 0.05) is 19.2 Å². The third-order valence-electron chi connectivity index (χ3n) is 3.86. The lowest BCUT2D eigenvalue weighted by Gasteiger charge is -2.22. The van der Waals surface area contributed by atoms with Gasteiger partial charge in [0.05, 0.1) is 6.61 Å². The molecule has 2 aliphatic rings. The van der Waals surface area contributed by atoms with Crippen LogP contribution in [-0.4, -0.2) is 32.3 Å². The van der Waals surface area contributed by atoms with Gasteiger partial charge in [0.1, 0.15) is 0 Å². The molecule has 3 nitrogen and oxygen atoms in total. The summed E-state index contributed by atoms with van der Waals surface area (Å²) in [5.41, 5.74) is 6.20. The first-order valence-corrected chi connectivity index (χ1v) is 5.77. The molecule has 0 aromatic heterocycles. The molecule has 1 aliphatic heterocycles. The quantitative estimate of drug-likeness (QED) is 0.685. The molecule has 3 heteroatoms. The molecule has 0 radical (unpaired) electrons. The minimum atomic E-state index is 0.452. The van der Waals surface area contributed by atoms with Crippen molar-refractivity contribution in [1.82, 2.24) is 5.32 Å². The summed E-state index contributed by atoms with van der Waals surface area (Å²) >= 11 is 0. The van der Waals surface area contributed by atoms with E-state index < -0.39 is 0 Å². The minimum absolute atomic E-state index is 0.452. The van der Waals surface area contributed by atoms with Crippen LogP contribution >= 0.6 is 0 Å². The van der Waals surface area contributed by atoms with E-state index in [0.29, 0.717) is 17.4 Å². The van der Waals surface area contributed by atoms with E-state index in [2.05, 4.69) is 12.2 Å². The fraction of sp³-hybridized carbons (Fsp3) is 1.00. The SMILES string of the molecule is CC(NCC1(CN)CC1)C1CCOC1. The zero-order valence-electron chi connectivity index (χ0n) is 9.09. The maximum Gasteiger partial charge on any atom is 0.0509 e. The lowest BCUT2D eigenvalue weighted by Crippen LogP contribution is -2.39. The molecular formula is C11H22N2O. The van der Waals surface area contributed by atoms with Crippen LogP contribution in [0.15, 0.2) is 0 Å². The Hall–Kier alpha value is -0.120. The molecule has 1 saturated heterocycles. The molecule has 0 spiro atoms. The number of rotatable bonds is 5. The standard InChI is InChI=1S/C11H22N2O/c1-9(10-2-5-14-6-10)13-8-11(7-12)3-4-11/h9-10,13H,2-8,12H2,1H3. The number of nitrogens with one attached hydrogen (secondary N) is 1. The number of nitrogens with two attached hydrogens (primary N) is 1. The molecule has 0 bridgehead atoms. The van der Waals surface area contributed by atoms with Crippen molar-refractivity contribution in [2.45, 2.75) is 32.2 Å². The summed E-state index contributed by atoms with van der Waals surface area (Å²) in [6.07, 6.45) is 3.83. The van der Waals surface area contributed by atoms with Gasteiger partial charge in [-0.2, -0.15) is 0 Å². The molecule has 0 aromatic carbocycles. The van der Waals surface area contributed by atoms with E-state index in [1.807, 2.05) is 0 Å². The largest absolute Gasteiger partial charge is 0.381 e. The molecule has 0 aromatic rings. The Balaban J connectivity index is 1.69. The van der Waals surface area contributed by atoms with Crippen molar-refractivity contribution >= 4 is 0 Å². The summed E-state index contributed by atoms with van der Waals surface area (Å²) in [7, 11) is 0. The van der Waals surface area contributed by atoms with E-state index in [-0.39, 0.29) is 0 Å². The van der Waals surface area contributed by atoms with Gasteiger partial charge in [-0.15, -0.1) is 0 Å². The van der Waals surface area contributed by atoms with Gasteiger partial charge >= 0.3 is 0 Å². The topological polar surface area (TPSA) is 47.3 Å². The van der Waals surface area contributed by atoms with Crippen LogP contribution in [0.4, 0.5) is 0 Å². The van der Waals surface area contributed by atoms with Gasteiger partial charge in [-0.3, -0.25) is 0 Å². The normalized spacial score (nSPS) is 31.7. The summed E-state index contributed by atoms with van der Waals surface area (Å²) in [4.78, 5) is 0. The minimum Gasteiger partial charge on any atom is -0.381 e. The number of hydrogen-bond donors (Lipinski definition) is 2. The molecule has 2 fully saturated rings. The van der Waals surface area contributed by atoms with Crippen LogP contribution in [0.3, 0.4) is 0 Å². The Kier molecular flexibility index (Phi) is 3.10. The fourth-order valence-corrected chi connectivity index (χ4v) is 2.12. The van der Waals surface area contributed by atoms with Crippen LogP contribution < -0.4 is 11.1 Å². The molecule has 1 heterocycles. The second-order valence-electron chi connectivity index (χ2n) is 5.00. The summed E-state index contributed by atoms with van der Waals surface area (Å²) in [6, 6.07) is 0.585. The van der Waals surface area contributed by atoms with Crippen LogP contribution in [0, 0.1) is 11.3 Å². The monoisotopic (exact) mass is 198 g/mol. The molecule has 2 rings (SSSR count). The highest BCUT2D eigenvalue weighted by atomic mass is 16.5. The highest BCUT2D eigenvalue weighted by Gasteiger charge is 2.41. The third kappa shape index (κ3) is 2.27. The maximum absolute atomic E-state index is 5.74. The summed E-state index contributed by atoms with van der Waals surface area (Å²) in [5.74, 6) is 0.712. The van der Waals surface area contributed by atoms with E-state index >= 15 is 0 Å². The number of ether oxygens (including phenoxy) is 1. The zero-order valence-corrected chi connectivity index (χ0v) is 9.09. The predicted molar refractivity (Wildman–Crippen MR) is 57.1 cm³/mol. The van der Waals surface area contributed by atoms with Gasteiger partial charge in [0.15, 0.2) is 0 Å². The number of hydrogen-bond acceptors (Lipinski definition) is 3. The first-order valence-electron chi connectivity index (χ1n) is 5.77. The van der Waals surface area contributed by atoms with Crippen LogP contribution in [0.2, 0.25) is 0 Å². The molecule has 14 heavy (non-hydrogen) atoms. The molecule has 0 amide bonds. The first-order chi connectivity index (χ1) is 6.76. The summed E-state index contributed by atoms with van der Waals surface area (Å²) < 4.78 is 5.39. The van der Waals surface area contributed by atoms with Gasteiger partial charge in [-0.1, -0.05) is 0 Å². The Bertz CT molecular complexity index is 186. The Labute approximate surface area is 86.4 Å². The van der Waals surface area contributed by atoms with Crippen molar-refractivity contribution in [1.29, 1.82) is 0 Å². The molecular weight excluding hydrogens is 176 g/mol. The Morgan fingerprint density at radius 3 is 2.86 bits per heavy atom. The van der Waals surface area contributed by atoms with Gasteiger partial charge in [-0.05, 0) is 44.1 Å². The van der Waals surface area contributed by atoms with Crippen molar-refractivity contribution in [3.8, 4) is 0 Å². The molecule has 82 valence electrons. The van der Waals surface area contributed by atoms with E-state index in [1.54, 1.807) is 0 Å². The van der Waals surface area contributed by atoms with E-state index in [9.17, 15) is 0 Å². The fourth-order valence-electron chi connectivity index (χ4n) is 2.12. The summed E-state index contributed by atoms with van der Waals surface area (Å²) in [6.45, 7) is 6.09. The predicted octanol–water partition coefficient (Wildman–Crippen LogP) is 0.740. The molecule has 2 atom stereocenters. The van der Waals surface area contributed by atoms with E-state index in [0.717, 1.165) is 26.3 Å². The second kappa shape index (κ2) is 4.17. The third-order valence-corrected chi connectivity index (χ3v) is 3.86.